The molecule has 0 aliphatic carbocycles. The van der Waals surface area contributed by atoms with Crippen LogP contribution in [0.1, 0.15) is 71.0 Å². The van der Waals surface area contributed by atoms with Crippen molar-refractivity contribution < 1.29 is 70.9 Å². The quantitative estimate of drug-likeness (QED) is 0.0522. The number of carbonyl (C=O) groups is 3. The zero-order valence-electron chi connectivity index (χ0n) is 64.5. The monoisotopic (exact) mass is 1580 g/mol. The van der Waals surface area contributed by atoms with Crippen molar-refractivity contribution in [3.8, 4) is 103 Å². The van der Waals surface area contributed by atoms with Gasteiger partial charge in [-0.15, -0.1) is 0 Å². The van der Waals surface area contributed by atoms with E-state index in [1.165, 1.54) is 50.6 Å². The second-order valence-corrected chi connectivity index (χ2v) is 27.7. The summed E-state index contributed by atoms with van der Waals surface area (Å²) in [5.74, 6) is 3.36. The summed E-state index contributed by atoms with van der Waals surface area (Å²) in [7, 11) is 4.38. The number of halogens is 3. The summed E-state index contributed by atoms with van der Waals surface area (Å²) >= 11 is 6.38. The standard InChI is InChI=1S/C30H31FN4O4.C29H29FN4O5.C28H27ClN4O4/c1-5-27(36)34-15-7-8-21(18-34)35-30-23(16-32-17-26(30)38-19(2)3)29(33-35)20-11-13-22(14-12-20)39-25-10-6-9-24(37-4)28(25)31;1-3-26(36)33-13-5-6-20(18-33)34-29-22(16-31-17-25(29)38-15-14-35)28(32-34)19-9-11-21(12-10-19)39-24-8-4-7-23(37-2)27(24)30;1-4-25(34)32-14-13-19(17-32)33-28-21(15-30-16-24(28)36-5-2)27(31-33)18-9-11-20(12-10-18)37-23-8-6-7-22(35-3)26(23)29/h5-6,9-14,16-17,19,21H,1,7-8,15,18H2,2-4H3;3-4,7-12,16-17,20,35H,1,5-6,13-15,18H2,2H3;4,6-12,15-16,19H,1,5,13-14,17H2,2-3H3/t21-;20-;19-/m111/s1. The molecule has 6 aromatic carbocycles. The summed E-state index contributed by atoms with van der Waals surface area (Å²) in [6.07, 6.45) is 18.5. The molecule has 3 amide bonds. The lowest BCUT2D eigenvalue weighted by atomic mass is 10.1. The summed E-state index contributed by atoms with van der Waals surface area (Å²) in [6.45, 7) is 20.8. The molecule has 0 unspecified atom stereocenters. The van der Waals surface area contributed by atoms with Gasteiger partial charge in [0, 0.05) is 74.5 Å². The first-order valence-corrected chi connectivity index (χ1v) is 38.0. The number of hydrogen-bond donors (Lipinski definition) is 1. The van der Waals surface area contributed by atoms with Gasteiger partial charge in [-0.3, -0.25) is 43.4 Å². The molecule has 28 heteroatoms. The smallest absolute Gasteiger partial charge is 0.246 e. The van der Waals surface area contributed by atoms with Gasteiger partial charge in [-0.25, -0.2) is 0 Å². The van der Waals surface area contributed by atoms with Crippen LogP contribution in [-0.4, -0.2) is 168 Å². The highest BCUT2D eigenvalue weighted by Gasteiger charge is 2.33. The van der Waals surface area contributed by atoms with Crippen LogP contribution in [0.4, 0.5) is 8.78 Å². The first kappa shape index (κ1) is 80.2. The van der Waals surface area contributed by atoms with Crippen molar-refractivity contribution in [2.75, 3.05) is 80.4 Å². The number of amides is 3. The topological polar surface area (TPSA) is 256 Å². The SMILES string of the molecule is C=CC(=O)N1CCC[C@@H](n2nc(-c3ccc(Oc4cccc(OC)c4F)cc3)c3cncc(OC(C)C)c32)C1.C=CC(=O)N1CCC[C@@H](n2nc(-c3ccc(Oc4cccc(OC)c4F)cc3)c3cncc(OCCO)c32)C1.C=CC(=O)N1CC[C@@H](n2nc(-c3ccc(Oc4cccc(OC)c4Cl)cc3)c3cncc(OCC)c32)C1. The second kappa shape index (κ2) is 36.7. The molecule has 6 aromatic heterocycles. The number of hydrogen-bond acceptors (Lipinski definition) is 19. The van der Waals surface area contributed by atoms with E-state index in [9.17, 15) is 28.3 Å². The lowest BCUT2D eigenvalue weighted by Crippen LogP contribution is -2.40. The molecule has 15 rings (SSSR count). The third kappa shape index (κ3) is 17.7. The normalized spacial score (nSPS) is 15.3. The van der Waals surface area contributed by atoms with Crippen molar-refractivity contribution in [2.24, 2.45) is 0 Å². The molecular formula is C87H87ClF2N12O13. The Morgan fingerprint density at radius 3 is 1.23 bits per heavy atom. The Morgan fingerprint density at radius 2 is 0.835 bits per heavy atom. The predicted octanol–water partition coefficient (Wildman–Crippen LogP) is 16.8. The maximum atomic E-state index is 14.6. The number of methoxy groups -OCH3 is 3. The lowest BCUT2D eigenvalue weighted by molar-refractivity contribution is -0.128. The molecule has 3 aliphatic heterocycles. The fourth-order valence-electron chi connectivity index (χ4n) is 14.3. The summed E-state index contributed by atoms with van der Waals surface area (Å²) in [4.78, 5) is 55.5. The van der Waals surface area contributed by atoms with Crippen molar-refractivity contribution in [2.45, 2.75) is 77.1 Å². The van der Waals surface area contributed by atoms with Gasteiger partial charge >= 0.3 is 0 Å². The zero-order chi connectivity index (χ0) is 80.8. The van der Waals surface area contributed by atoms with Gasteiger partial charge in [-0.2, -0.15) is 24.1 Å². The Bertz CT molecular complexity index is 5510. The largest absolute Gasteiger partial charge is 0.495 e. The Kier molecular flexibility index (Phi) is 25.6. The van der Waals surface area contributed by atoms with Crippen molar-refractivity contribution in [3.63, 3.8) is 0 Å². The van der Waals surface area contributed by atoms with E-state index in [1.807, 2.05) is 94.3 Å². The first-order chi connectivity index (χ1) is 56.0. The third-order valence-electron chi connectivity index (χ3n) is 19.7. The average Bonchev–Trinajstić information content (AvgIpc) is 1.62. The summed E-state index contributed by atoms with van der Waals surface area (Å²) in [6, 6.07) is 36.9. The van der Waals surface area contributed by atoms with Crippen LogP contribution in [0.25, 0.3) is 66.5 Å². The number of carbonyl (C=O) groups excluding carboxylic acids is 3. The highest BCUT2D eigenvalue weighted by Crippen LogP contribution is 2.44. The van der Waals surface area contributed by atoms with Gasteiger partial charge in [-0.1, -0.05) is 49.5 Å². The Morgan fingerprint density at radius 1 is 0.478 bits per heavy atom. The molecule has 115 heavy (non-hydrogen) atoms. The van der Waals surface area contributed by atoms with E-state index in [1.54, 1.807) is 109 Å². The highest BCUT2D eigenvalue weighted by molar-refractivity contribution is 6.33. The molecule has 0 bridgehead atoms. The predicted molar refractivity (Wildman–Crippen MR) is 433 cm³/mol. The molecule has 0 saturated carbocycles. The number of fused-ring (bicyclic) bond motifs is 3. The maximum Gasteiger partial charge on any atom is 0.246 e. The molecule has 3 aliphatic rings. The Balaban J connectivity index is 0.000000150. The molecule has 3 atom stereocenters. The Hall–Kier alpha value is -12.9. The van der Waals surface area contributed by atoms with Gasteiger partial charge in [0.05, 0.1) is 93.5 Å². The summed E-state index contributed by atoms with van der Waals surface area (Å²) in [5, 5.41) is 27.3. The van der Waals surface area contributed by atoms with Crippen molar-refractivity contribution in [1.82, 2.24) is 59.0 Å². The summed E-state index contributed by atoms with van der Waals surface area (Å²) < 4.78 is 85.7. The van der Waals surface area contributed by atoms with Crippen molar-refractivity contribution >= 4 is 62.0 Å². The van der Waals surface area contributed by atoms with Crippen LogP contribution >= 0.6 is 11.6 Å². The number of likely N-dealkylation sites (tertiary alicyclic amines) is 3. The van der Waals surface area contributed by atoms with E-state index in [-0.39, 0.29) is 78.2 Å². The number of aromatic nitrogens is 9. The molecule has 25 nitrogen and oxygen atoms in total. The number of pyridine rings is 3. The van der Waals surface area contributed by atoms with Gasteiger partial charge in [0.25, 0.3) is 0 Å². The minimum absolute atomic E-state index is 0.0135. The lowest BCUT2D eigenvalue weighted by Gasteiger charge is -2.32. The van der Waals surface area contributed by atoms with E-state index in [0.29, 0.717) is 103 Å². The average molecular weight is 1580 g/mol. The number of piperidine rings is 2. The maximum absolute atomic E-state index is 14.6. The van der Waals surface area contributed by atoms with E-state index < -0.39 is 11.6 Å². The number of ether oxygens (including phenoxy) is 9. The van der Waals surface area contributed by atoms with Crippen LogP contribution in [0.15, 0.2) is 203 Å². The molecule has 594 valence electrons. The molecule has 9 heterocycles. The van der Waals surface area contributed by atoms with Crippen molar-refractivity contribution in [1.29, 1.82) is 0 Å². The van der Waals surface area contributed by atoms with Gasteiger partial charge in [-0.05, 0) is 180 Å². The van der Waals surface area contributed by atoms with E-state index in [0.717, 1.165) is 92.9 Å². The van der Waals surface area contributed by atoms with Crippen LogP contribution in [0.2, 0.25) is 5.02 Å². The van der Waals surface area contributed by atoms with Crippen LogP contribution in [-0.2, 0) is 14.4 Å². The second-order valence-electron chi connectivity index (χ2n) is 27.3. The van der Waals surface area contributed by atoms with Crippen LogP contribution < -0.4 is 42.6 Å². The fraction of sp³-hybridized carbons (Fsp3) is 0.276. The van der Waals surface area contributed by atoms with Crippen molar-refractivity contribution in [3.05, 3.63) is 219 Å². The number of nitrogens with zero attached hydrogens (tertiary/aromatic N) is 12. The third-order valence-corrected chi connectivity index (χ3v) is 20.1. The number of benzene rings is 6. The number of aliphatic hydroxyl groups excluding tert-OH is 1. The van der Waals surface area contributed by atoms with Gasteiger partial charge in [0.2, 0.25) is 29.4 Å². The van der Waals surface area contributed by atoms with Crippen LogP contribution in [0, 0.1) is 11.6 Å². The molecule has 3 fully saturated rings. The minimum Gasteiger partial charge on any atom is -0.495 e. The molecule has 3 saturated heterocycles. The highest BCUT2D eigenvalue weighted by atomic mass is 35.5. The van der Waals surface area contributed by atoms with E-state index >= 15 is 0 Å². The van der Waals surface area contributed by atoms with Crippen LogP contribution in [0.3, 0.4) is 0 Å². The molecule has 0 spiro atoms. The number of aliphatic hydroxyl groups is 1. The zero-order valence-corrected chi connectivity index (χ0v) is 65.3. The Labute approximate surface area is 668 Å². The fourth-order valence-corrected chi connectivity index (χ4v) is 14.5. The molecule has 1 N–H and O–H groups in total. The molecule has 0 radical (unpaired) electrons. The summed E-state index contributed by atoms with van der Waals surface area (Å²) in [5.41, 5.74) is 7.19. The van der Waals surface area contributed by atoms with E-state index in [4.69, 9.17) is 69.5 Å². The van der Waals surface area contributed by atoms with Gasteiger partial charge < -0.3 is 62.4 Å². The molecular weight excluding hydrogens is 1490 g/mol. The first-order valence-electron chi connectivity index (χ1n) is 37.6. The minimum atomic E-state index is -0.577. The van der Waals surface area contributed by atoms with Gasteiger partial charge in [0.1, 0.15) is 74.0 Å². The van der Waals surface area contributed by atoms with Crippen LogP contribution in [0.5, 0.6) is 69.0 Å². The van der Waals surface area contributed by atoms with E-state index in [2.05, 4.69) is 34.7 Å². The van der Waals surface area contributed by atoms with Gasteiger partial charge in [0.15, 0.2) is 40.2 Å². The number of rotatable bonds is 25. The molecule has 12 aromatic rings.